The molecule has 9 atom stereocenters. The molecule has 446 valence electrons. The molecular formula is C57H90N10O13. The van der Waals surface area contributed by atoms with E-state index in [0.717, 1.165) is 11.1 Å². The molecule has 2 aromatic carbocycles. The Bertz CT molecular complexity index is 2350. The van der Waals surface area contributed by atoms with Gasteiger partial charge in [-0.1, -0.05) is 83.5 Å². The van der Waals surface area contributed by atoms with Crippen molar-refractivity contribution >= 4 is 59.2 Å². The van der Waals surface area contributed by atoms with E-state index in [2.05, 4.69) is 31.9 Å². The van der Waals surface area contributed by atoms with Gasteiger partial charge >= 0.3 is 18.1 Å². The highest BCUT2D eigenvalue weighted by atomic mass is 16.6. The van der Waals surface area contributed by atoms with Crippen LogP contribution >= 0.6 is 0 Å². The fourth-order valence-electron chi connectivity index (χ4n) is 10.0. The predicted octanol–water partition coefficient (Wildman–Crippen LogP) is 3.43. The number of alkyl carbamates (subject to hydrolysis) is 1. The lowest BCUT2D eigenvalue weighted by Gasteiger charge is -2.39. The van der Waals surface area contributed by atoms with Crippen LogP contribution in [-0.4, -0.2) is 182 Å². The second-order valence-electron chi connectivity index (χ2n) is 22.0. The molecule has 23 nitrogen and oxygen atoms in total. The monoisotopic (exact) mass is 1120 g/mol. The molecular weight excluding hydrogens is 1030 g/mol. The predicted molar refractivity (Wildman–Crippen MR) is 302 cm³/mol. The summed E-state index contributed by atoms with van der Waals surface area (Å²) < 4.78 is 17.1. The summed E-state index contributed by atoms with van der Waals surface area (Å²) in [5.74, 6) is -4.81. The summed E-state index contributed by atoms with van der Waals surface area (Å²) in [6, 6.07) is 11.6. The van der Waals surface area contributed by atoms with Gasteiger partial charge in [0, 0.05) is 53.0 Å². The molecule has 0 saturated carbocycles. The van der Waals surface area contributed by atoms with Crippen LogP contribution < -0.4 is 37.6 Å². The minimum Gasteiger partial charge on any atom is -0.480 e. The van der Waals surface area contributed by atoms with E-state index in [4.69, 9.17) is 19.9 Å². The van der Waals surface area contributed by atoms with Crippen molar-refractivity contribution in [2.45, 2.75) is 155 Å². The smallest absolute Gasteiger partial charge is 0.408 e. The minimum absolute atomic E-state index is 0.0737. The first-order valence-electron chi connectivity index (χ1n) is 27.6. The molecule has 1 fully saturated rings. The standard InChI is InChI=1S/C57H90N10O13/c1-13-36(4)49(44(78-11)32-46(69)67-29-18-22-43(67)50(79-12)37(5)51(71)64-42(54(74)75)31-39-19-15-14-16-20-39)66(10)47(70)34-60-53(73)48(35(2)3)65(9)30-27-38-23-25-40(26-24-38)62-52(72)41(21-17-28-59-55(58)76)63-45(68)33-61-56(77)80-57(6,7)8/h14-16,19-20,23-26,35-37,41-44,48-50H,13,17-18,21-22,27-34H2,1-12H3,(H,60,73)(H,61,77)(H,62,72)(H,63,68)(H,64,71)(H,74,75)(H3,58,59,76)/t36-,37+,41-,42-,43-,44+,48?,49?,50+/m0/s1. The van der Waals surface area contributed by atoms with E-state index in [1.807, 2.05) is 57.8 Å². The average Bonchev–Trinajstić information content (AvgIpc) is 3.89. The van der Waals surface area contributed by atoms with Gasteiger partial charge in [0.05, 0.1) is 49.2 Å². The lowest BCUT2D eigenvalue weighted by molar-refractivity contribution is -0.147. The van der Waals surface area contributed by atoms with Crippen LogP contribution in [0.3, 0.4) is 0 Å². The van der Waals surface area contributed by atoms with Crippen molar-refractivity contribution in [2.75, 3.05) is 66.4 Å². The Hall–Kier alpha value is -6.85. The van der Waals surface area contributed by atoms with Crippen molar-refractivity contribution in [3.05, 3.63) is 65.7 Å². The summed E-state index contributed by atoms with van der Waals surface area (Å²) >= 11 is 0. The number of carboxylic acid groups (broad SMARTS) is 1. The Morgan fingerprint density at radius 2 is 1.48 bits per heavy atom. The van der Waals surface area contributed by atoms with E-state index in [1.54, 1.807) is 80.9 Å². The van der Waals surface area contributed by atoms with Crippen molar-refractivity contribution in [2.24, 2.45) is 23.5 Å². The van der Waals surface area contributed by atoms with Gasteiger partial charge in [0.25, 0.3) is 0 Å². The Balaban J connectivity index is 1.62. The second-order valence-corrected chi connectivity index (χ2v) is 22.0. The molecule has 9 amide bonds. The molecule has 9 N–H and O–H groups in total. The topological polar surface area (TPSA) is 309 Å². The number of rotatable bonds is 32. The number of carbonyl (C=O) groups excluding carboxylic acids is 8. The molecule has 2 unspecified atom stereocenters. The Kier molecular flexibility index (Phi) is 27.8. The molecule has 1 aliphatic heterocycles. The van der Waals surface area contributed by atoms with Gasteiger partial charge in [-0.25, -0.2) is 14.4 Å². The number of carboxylic acids is 1. The number of amides is 9. The van der Waals surface area contributed by atoms with Gasteiger partial charge < -0.3 is 66.8 Å². The molecule has 80 heavy (non-hydrogen) atoms. The quantitative estimate of drug-likeness (QED) is 0.0487. The highest BCUT2D eigenvalue weighted by molar-refractivity contribution is 5.97. The molecule has 1 aliphatic rings. The Labute approximate surface area is 471 Å². The number of urea groups is 1. The van der Waals surface area contributed by atoms with Crippen LogP contribution in [0.5, 0.6) is 0 Å². The van der Waals surface area contributed by atoms with E-state index < -0.39 is 96.3 Å². The zero-order valence-electron chi connectivity index (χ0n) is 48.9. The van der Waals surface area contributed by atoms with Crippen LogP contribution in [-0.2, 0) is 60.6 Å². The number of primary amides is 1. The summed E-state index contributed by atoms with van der Waals surface area (Å²) in [4.78, 5) is 123. The summed E-state index contributed by atoms with van der Waals surface area (Å²) in [6.07, 6.45) is 0.654. The molecule has 3 rings (SSSR count). The molecule has 0 spiro atoms. The summed E-state index contributed by atoms with van der Waals surface area (Å²) in [7, 11) is 6.45. The number of benzene rings is 2. The summed E-state index contributed by atoms with van der Waals surface area (Å²) in [6.45, 7) is 14.8. The van der Waals surface area contributed by atoms with Gasteiger partial charge in [0.2, 0.25) is 35.4 Å². The number of ether oxygens (including phenoxy) is 3. The normalized spacial score (nSPS) is 16.4. The maximum absolute atomic E-state index is 14.3. The van der Waals surface area contributed by atoms with Crippen LogP contribution in [0.15, 0.2) is 54.6 Å². The van der Waals surface area contributed by atoms with E-state index in [1.165, 1.54) is 14.2 Å². The highest BCUT2D eigenvalue weighted by Crippen LogP contribution is 2.30. The number of likely N-dealkylation sites (tertiary alicyclic amines) is 1. The SMILES string of the molecule is CC[C@H](C)C([C@@H](CC(=O)N1CCC[C@H]1[C@H](OC)[C@@H](C)C(=O)N[C@@H](Cc1ccccc1)C(=O)O)OC)N(C)C(=O)CNC(=O)C(C(C)C)N(C)CCc1ccc(NC(=O)[C@H](CCCNC(N)=O)NC(=O)CNC(=O)OC(C)(C)C)cc1. The summed E-state index contributed by atoms with van der Waals surface area (Å²) in [5.41, 5.74) is 6.52. The number of hydrogen-bond acceptors (Lipinski definition) is 13. The Morgan fingerprint density at radius 1 is 0.812 bits per heavy atom. The van der Waals surface area contributed by atoms with E-state index >= 15 is 0 Å². The van der Waals surface area contributed by atoms with Crippen molar-refractivity contribution in [3.8, 4) is 0 Å². The van der Waals surface area contributed by atoms with Gasteiger partial charge in [-0.2, -0.15) is 0 Å². The van der Waals surface area contributed by atoms with Crippen LogP contribution in [0.1, 0.15) is 105 Å². The van der Waals surface area contributed by atoms with Crippen LogP contribution in [0, 0.1) is 17.8 Å². The molecule has 0 aliphatic carbocycles. The molecule has 0 bridgehead atoms. The number of likely N-dealkylation sites (N-methyl/N-ethyl adjacent to an activating group) is 2. The molecule has 0 aromatic heterocycles. The number of hydrogen-bond donors (Lipinski definition) is 8. The fraction of sp³-hybridized carbons (Fsp3) is 0.632. The lowest BCUT2D eigenvalue weighted by atomic mass is 9.90. The maximum atomic E-state index is 14.3. The van der Waals surface area contributed by atoms with Gasteiger partial charge in [-0.15, -0.1) is 0 Å². The third kappa shape index (κ3) is 22.0. The van der Waals surface area contributed by atoms with Crippen molar-refractivity contribution in [3.63, 3.8) is 0 Å². The van der Waals surface area contributed by atoms with Crippen molar-refractivity contribution in [1.29, 1.82) is 0 Å². The number of aliphatic carboxylic acids is 1. The second kappa shape index (κ2) is 33.0. The third-order valence-corrected chi connectivity index (χ3v) is 14.4. The van der Waals surface area contributed by atoms with Crippen molar-refractivity contribution < 1.29 is 62.5 Å². The zero-order chi connectivity index (χ0) is 59.9. The van der Waals surface area contributed by atoms with Gasteiger partial charge in [-0.3, -0.25) is 33.7 Å². The molecule has 2 aromatic rings. The first-order chi connectivity index (χ1) is 37.7. The first kappa shape index (κ1) is 67.4. The molecule has 1 saturated heterocycles. The highest BCUT2D eigenvalue weighted by Gasteiger charge is 2.43. The lowest BCUT2D eigenvalue weighted by Crippen LogP contribution is -2.55. The van der Waals surface area contributed by atoms with Crippen LogP contribution in [0.4, 0.5) is 15.3 Å². The average molecular weight is 1120 g/mol. The third-order valence-electron chi connectivity index (χ3n) is 14.4. The summed E-state index contributed by atoms with van der Waals surface area (Å²) in [5, 5.41) is 25.7. The fourth-order valence-corrected chi connectivity index (χ4v) is 10.0. The largest absolute Gasteiger partial charge is 0.480 e. The molecule has 1 heterocycles. The number of anilines is 1. The van der Waals surface area contributed by atoms with Crippen molar-refractivity contribution in [1.82, 2.24) is 41.3 Å². The molecule has 0 radical (unpaired) electrons. The minimum atomic E-state index is -1.17. The number of methoxy groups -OCH3 is 2. The first-order valence-corrected chi connectivity index (χ1v) is 27.6. The number of carbonyl (C=O) groups is 9. The zero-order valence-corrected chi connectivity index (χ0v) is 48.9. The Morgan fingerprint density at radius 3 is 2.05 bits per heavy atom. The van der Waals surface area contributed by atoms with E-state index in [0.29, 0.717) is 50.9 Å². The number of nitrogens with two attached hydrogens (primary N) is 1. The maximum Gasteiger partial charge on any atom is 0.408 e. The van der Waals surface area contributed by atoms with Gasteiger partial charge in [-0.05, 0) is 95.0 Å². The van der Waals surface area contributed by atoms with Gasteiger partial charge in [0.1, 0.15) is 24.2 Å². The van der Waals surface area contributed by atoms with Crippen LogP contribution in [0.25, 0.3) is 0 Å². The van der Waals surface area contributed by atoms with Crippen LogP contribution in [0.2, 0.25) is 0 Å². The number of nitrogens with zero attached hydrogens (tertiary/aromatic N) is 3. The number of nitrogens with one attached hydrogen (secondary N) is 6. The van der Waals surface area contributed by atoms with Gasteiger partial charge in [0.15, 0.2) is 0 Å². The van der Waals surface area contributed by atoms with E-state index in [9.17, 15) is 48.3 Å². The van der Waals surface area contributed by atoms with E-state index in [-0.39, 0.29) is 61.9 Å². The molecule has 23 heteroatoms.